The third-order valence-electron chi connectivity index (χ3n) is 3.29. The first-order valence-corrected chi connectivity index (χ1v) is 8.66. The van der Waals surface area contributed by atoms with Crippen LogP contribution in [0.4, 0.5) is 13.2 Å². The lowest BCUT2D eigenvalue weighted by atomic mass is 10.0. The lowest BCUT2D eigenvalue weighted by Crippen LogP contribution is -2.40. The zero-order valence-electron chi connectivity index (χ0n) is 12.2. The number of alkyl halides is 3. The van der Waals surface area contributed by atoms with E-state index in [4.69, 9.17) is 49.4 Å². The second-order valence-electron chi connectivity index (χ2n) is 5.06. The van der Waals surface area contributed by atoms with Crippen molar-refractivity contribution in [3.63, 3.8) is 0 Å². The van der Waals surface area contributed by atoms with Crippen LogP contribution in [0.25, 0.3) is 6.08 Å². The van der Waals surface area contributed by atoms with Crippen molar-refractivity contribution in [1.82, 2.24) is 0 Å². The van der Waals surface area contributed by atoms with Crippen molar-refractivity contribution in [2.75, 3.05) is 0 Å². The Kier molecular flexibility index (Phi) is 5.04. The molecule has 3 rings (SSSR count). The van der Waals surface area contributed by atoms with Gasteiger partial charge in [0.2, 0.25) is 6.10 Å². The maximum atomic E-state index is 13.1. The molecule has 0 radical (unpaired) electrons. The van der Waals surface area contributed by atoms with Crippen LogP contribution >= 0.6 is 46.1 Å². The standard InChI is InChI=1S/C15H6Cl3F3O4S/c16-7-2-5-1-6(14(22)23)12(15(19,20)21)25-8(5)3-9(7)24-10-4-11(17)26-13(10)18/h1-4,12H,(H,22,23). The Labute approximate surface area is 163 Å². The first kappa shape index (κ1) is 19.2. The summed E-state index contributed by atoms with van der Waals surface area (Å²) in [5, 5.41) is 9.04. The highest BCUT2D eigenvalue weighted by Gasteiger charge is 2.48. The molecule has 0 saturated carbocycles. The number of fused-ring (bicyclic) bond motifs is 1. The number of carboxylic acid groups (broad SMARTS) is 1. The maximum absolute atomic E-state index is 13.1. The molecular formula is C15H6Cl3F3O4S. The van der Waals surface area contributed by atoms with Gasteiger partial charge in [-0.1, -0.05) is 34.8 Å². The average Bonchev–Trinajstić information content (AvgIpc) is 2.83. The molecule has 0 bridgehead atoms. The normalized spacial score (nSPS) is 16.5. The molecule has 1 aliphatic heterocycles. The highest BCUT2D eigenvalue weighted by atomic mass is 35.5. The van der Waals surface area contributed by atoms with Crippen LogP contribution in [0, 0.1) is 0 Å². The van der Waals surface area contributed by atoms with Crippen molar-refractivity contribution >= 4 is 58.2 Å². The minimum absolute atomic E-state index is 0.0186. The highest BCUT2D eigenvalue weighted by molar-refractivity contribution is 7.20. The fourth-order valence-corrected chi connectivity index (χ4v) is 3.75. The summed E-state index contributed by atoms with van der Waals surface area (Å²) < 4.78 is 50.3. The predicted octanol–water partition coefficient (Wildman–Crippen LogP) is 6.29. The fraction of sp³-hybridized carbons (Fsp3) is 0.133. The van der Waals surface area contributed by atoms with Gasteiger partial charge in [-0.05, 0) is 12.1 Å². The molecule has 11 heteroatoms. The van der Waals surface area contributed by atoms with Crippen LogP contribution in [0.15, 0.2) is 23.8 Å². The summed E-state index contributed by atoms with van der Waals surface area (Å²) >= 11 is 18.9. The Hall–Kier alpha value is -1.61. The zero-order valence-corrected chi connectivity index (χ0v) is 15.3. The lowest BCUT2D eigenvalue weighted by Gasteiger charge is -2.27. The fourth-order valence-electron chi connectivity index (χ4n) is 2.21. The summed E-state index contributed by atoms with van der Waals surface area (Å²) in [4.78, 5) is 11.1. The summed E-state index contributed by atoms with van der Waals surface area (Å²) in [5.74, 6) is -1.81. The molecular weight excluding hydrogens is 440 g/mol. The Morgan fingerprint density at radius 1 is 1.19 bits per heavy atom. The van der Waals surface area contributed by atoms with Crippen LogP contribution in [0.2, 0.25) is 13.7 Å². The number of halogens is 6. The van der Waals surface area contributed by atoms with Crippen molar-refractivity contribution in [3.8, 4) is 17.2 Å². The first-order valence-electron chi connectivity index (χ1n) is 6.70. The summed E-state index contributed by atoms with van der Waals surface area (Å²) in [5.41, 5.74) is -0.864. The van der Waals surface area contributed by atoms with Crippen LogP contribution in [0.5, 0.6) is 17.2 Å². The average molecular weight is 446 g/mol. The van der Waals surface area contributed by atoms with Gasteiger partial charge in [0.15, 0.2) is 5.75 Å². The topological polar surface area (TPSA) is 55.8 Å². The quantitative estimate of drug-likeness (QED) is 0.603. The lowest BCUT2D eigenvalue weighted by molar-refractivity contribution is -0.187. The van der Waals surface area contributed by atoms with E-state index >= 15 is 0 Å². The molecule has 2 aromatic rings. The molecule has 0 fully saturated rings. The molecule has 1 atom stereocenters. The molecule has 0 saturated heterocycles. The smallest absolute Gasteiger partial charge is 0.430 e. The van der Waals surface area contributed by atoms with Gasteiger partial charge < -0.3 is 14.6 Å². The van der Waals surface area contributed by atoms with Crippen molar-refractivity contribution in [1.29, 1.82) is 0 Å². The third kappa shape index (κ3) is 3.73. The number of thiophene rings is 1. The Balaban J connectivity index is 2.03. The molecule has 138 valence electrons. The Morgan fingerprint density at radius 3 is 2.42 bits per heavy atom. The van der Waals surface area contributed by atoms with E-state index in [9.17, 15) is 18.0 Å². The van der Waals surface area contributed by atoms with Gasteiger partial charge in [0, 0.05) is 17.7 Å². The number of hydrogen-bond acceptors (Lipinski definition) is 4. The van der Waals surface area contributed by atoms with E-state index in [1.54, 1.807) is 0 Å². The molecule has 1 aromatic heterocycles. The van der Waals surface area contributed by atoms with Crippen LogP contribution in [0.3, 0.4) is 0 Å². The molecule has 4 nitrogen and oxygen atoms in total. The van der Waals surface area contributed by atoms with Gasteiger partial charge >= 0.3 is 12.1 Å². The van der Waals surface area contributed by atoms with Gasteiger partial charge in [-0.2, -0.15) is 13.2 Å². The molecule has 1 N–H and O–H groups in total. The SMILES string of the molecule is O=C(O)C1=Cc2cc(Cl)c(Oc3cc(Cl)sc3Cl)cc2OC1C(F)(F)F. The number of rotatable bonds is 3. The van der Waals surface area contributed by atoms with Crippen molar-refractivity contribution < 1.29 is 32.5 Å². The first-order chi connectivity index (χ1) is 12.1. The van der Waals surface area contributed by atoms with Crippen LogP contribution < -0.4 is 9.47 Å². The monoisotopic (exact) mass is 444 g/mol. The van der Waals surface area contributed by atoms with Crippen LogP contribution in [-0.4, -0.2) is 23.4 Å². The minimum Gasteiger partial charge on any atom is -0.478 e. The number of carboxylic acids is 1. The number of aliphatic carboxylic acids is 1. The molecule has 0 spiro atoms. The van der Waals surface area contributed by atoms with Gasteiger partial charge in [-0.15, -0.1) is 11.3 Å². The Morgan fingerprint density at radius 2 is 1.88 bits per heavy atom. The third-order valence-corrected chi connectivity index (χ3v) is 5.04. The van der Waals surface area contributed by atoms with Gasteiger partial charge in [0.05, 0.1) is 14.9 Å². The van der Waals surface area contributed by atoms with Gasteiger partial charge in [-0.25, -0.2) is 4.79 Å². The largest absolute Gasteiger partial charge is 0.478 e. The number of benzene rings is 1. The molecule has 1 aromatic carbocycles. The van der Waals surface area contributed by atoms with Gasteiger partial charge in [0.1, 0.15) is 15.8 Å². The van der Waals surface area contributed by atoms with E-state index < -0.39 is 23.8 Å². The summed E-state index contributed by atoms with van der Waals surface area (Å²) in [6.45, 7) is 0. The van der Waals surface area contributed by atoms with E-state index in [0.29, 0.717) is 4.34 Å². The minimum atomic E-state index is -4.91. The second kappa shape index (κ2) is 6.84. The van der Waals surface area contributed by atoms with Crippen LogP contribution in [-0.2, 0) is 4.79 Å². The maximum Gasteiger partial charge on any atom is 0.430 e. The van der Waals surface area contributed by atoms with Crippen LogP contribution in [0.1, 0.15) is 5.56 Å². The molecule has 1 unspecified atom stereocenters. The second-order valence-corrected chi connectivity index (χ2v) is 7.75. The number of carbonyl (C=O) groups is 1. The van der Waals surface area contributed by atoms with E-state index in [1.807, 2.05) is 0 Å². The van der Waals surface area contributed by atoms with Gasteiger partial charge in [-0.3, -0.25) is 0 Å². The highest BCUT2D eigenvalue weighted by Crippen LogP contribution is 2.45. The van der Waals surface area contributed by atoms with Crippen molar-refractivity contribution in [2.24, 2.45) is 0 Å². The molecule has 0 amide bonds. The summed E-state index contributed by atoms with van der Waals surface area (Å²) in [6.07, 6.45) is -6.66. The molecule has 26 heavy (non-hydrogen) atoms. The molecule has 0 aliphatic carbocycles. The van der Waals surface area contributed by atoms with Gasteiger partial charge in [0.25, 0.3) is 0 Å². The van der Waals surface area contributed by atoms with E-state index in [-0.39, 0.29) is 32.2 Å². The predicted molar refractivity (Wildman–Crippen MR) is 91.9 cm³/mol. The Bertz CT molecular complexity index is 924. The summed E-state index contributed by atoms with van der Waals surface area (Å²) in [6, 6.07) is 3.79. The van der Waals surface area contributed by atoms with E-state index in [0.717, 1.165) is 23.5 Å². The molecule has 1 aliphatic rings. The summed E-state index contributed by atoms with van der Waals surface area (Å²) in [7, 11) is 0. The van der Waals surface area contributed by atoms with E-state index in [1.165, 1.54) is 12.1 Å². The van der Waals surface area contributed by atoms with Crippen molar-refractivity contribution in [2.45, 2.75) is 12.3 Å². The molecule has 2 heterocycles. The zero-order chi connectivity index (χ0) is 19.2. The number of ether oxygens (including phenoxy) is 2. The number of hydrogen-bond donors (Lipinski definition) is 1. The van der Waals surface area contributed by atoms with Crippen molar-refractivity contribution in [3.05, 3.63) is 43.0 Å². The van der Waals surface area contributed by atoms with E-state index in [2.05, 4.69) is 0 Å².